The van der Waals surface area contributed by atoms with Crippen LogP contribution >= 0.6 is 0 Å². The highest BCUT2D eigenvalue weighted by atomic mass is 16.6. The number of fused-ring (bicyclic) bond motifs is 3. The van der Waals surface area contributed by atoms with E-state index in [9.17, 15) is 5.26 Å². The number of allylic oxidation sites excluding steroid dienone is 1. The van der Waals surface area contributed by atoms with Crippen molar-refractivity contribution in [3.8, 4) is 6.07 Å². The van der Waals surface area contributed by atoms with E-state index in [-0.39, 0.29) is 11.0 Å². The largest absolute Gasteiger partial charge is 0.342 e. The van der Waals surface area contributed by atoms with Crippen molar-refractivity contribution in [1.29, 1.82) is 5.26 Å². The molecular formula is C20H24N2O. The van der Waals surface area contributed by atoms with Crippen LogP contribution in [-0.4, -0.2) is 11.3 Å². The zero-order valence-corrected chi connectivity index (χ0v) is 14.2. The number of anilines is 1. The third-order valence-corrected chi connectivity index (χ3v) is 6.37. The van der Waals surface area contributed by atoms with Crippen molar-refractivity contribution < 1.29 is 4.74 Å². The molecule has 0 N–H and O–H groups in total. The van der Waals surface area contributed by atoms with Crippen LogP contribution in [0.25, 0.3) is 0 Å². The standard InChI is InChI=1S/C20H24N2O/c1-18(2)15-9-5-6-10-16(15)22-17(11-14-21)20(23-19(18,22)3)12-7-4-8-13-20/h5-6,9-11H,4,7-8,12-13H2,1-3H3/b17-11-. The molecular weight excluding hydrogens is 284 g/mol. The molecule has 4 rings (SSSR count). The lowest BCUT2D eigenvalue weighted by molar-refractivity contribution is -0.127. The van der Waals surface area contributed by atoms with Gasteiger partial charge in [-0.05, 0) is 31.4 Å². The van der Waals surface area contributed by atoms with Gasteiger partial charge in [0.15, 0.2) is 5.72 Å². The molecule has 1 aromatic carbocycles. The van der Waals surface area contributed by atoms with Crippen molar-refractivity contribution in [1.82, 2.24) is 0 Å². The molecule has 2 fully saturated rings. The first-order valence-electron chi connectivity index (χ1n) is 8.66. The summed E-state index contributed by atoms with van der Waals surface area (Å²) in [6.07, 6.45) is 7.38. The molecule has 0 aromatic heterocycles. The van der Waals surface area contributed by atoms with E-state index in [1.54, 1.807) is 6.08 Å². The highest BCUT2D eigenvalue weighted by Gasteiger charge is 2.66. The monoisotopic (exact) mass is 308 g/mol. The van der Waals surface area contributed by atoms with Crippen LogP contribution in [0.15, 0.2) is 36.0 Å². The lowest BCUT2D eigenvalue weighted by atomic mass is 9.78. The Morgan fingerprint density at radius 3 is 2.52 bits per heavy atom. The molecule has 3 heteroatoms. The molecule has 0 amide bonds. The Bertz CT molecular complexity index is 721. The fraction of sp³-hybridized carbons (Fsp3) is 0.550. The lowest BCUT2D eigenvalue weighted by Crippen LogP contribution is -2.50. The molecule has 1 aliphatic carbocycles. The third-order valence-electron chi connectivity index (χ3n) is 6.37. The second-order valence-electron chi connectivity index (χ2n) is 7.78. The minimum atomic E-state index is -0.434. The van der Waals surface area contributed by atoms with Crippen molar-refractivity contribution in [2.75, 3.05) is 4.90 Å². The van der Waals surface area contributed by atoms with Crippen LogP contribution < -0.4 is 4.90 Å². The molecule has 1 spiro atoms. The maximum absolute atomic E-state index is 9.41. The normalized spacial score (nSPS) is 31.9. The lowest BCUT2D eigenvalue weighted by Gasteiger charge is -2.41. The van der Waals surface area contributed by atoms with Crippen molar-refractivity contribution in [2.24, 2.45) is 0 Å². The molecule has 0 bridgehead atoms. The first-order valence-corrected chi connectivity index (χ1v) is 8.66. The molecule has 120 valence electrons. The fourth-order valence-corrected chi connectivity index (χ4v) is 4.86. The maximum Gasteiger partial charge on any atom is 0.152 e. The highest BCUT2D eigenvalue weighted by Crippen LogP contribution is 2.62. The zero-order chi connectivity index (χ0) is 16.3. The van der Waals surface area contributed by atoms with Crippen LogP contribution in [0.2, 0.25) is 0 Å². The summed E-state index contributed by atoms with van der Waals surface area (Å²) in [6.45, 7) is 6.72. The predicted molar refractivity (Wildman–Crippen MR) is 90.9 cm³/mol. The van der Waals surface area contributed by atoms with Crippen molar-refractivity contribution in [2.45, 2.75) is 69.6 Å². The van der Waals surface area contributed by atoms with Gasteiger partial charge in [0.25, 0.3) is 0 Å². The molecule has 3 aliphatic rings. The average molecular weight is 308 g/mol. The predicted octanol–water partition coefficient (Wildman–Crippen LogP) is 4.64. The van der Waals surface area contributed by atoms with Gasteiger partial charge in [-0.2, -0.15) is 5.26 Å². The third kappa shape index (κ3) is 1.68. The van der Waals surface area contributed by atoms with Gasteiger partial charge in [-0.1, -0.05) is 51.3 Å². The van der Waals surface area contributed by atoms with Gasteiger partial charge in [0.05, 0.1) is 11.8 Å². The van der Waals surface area contributed by atoms with Gasteiger partial charge in [-0.25, -0.2) is 0 Å². The summed E-state index contributed by atoms with van der Waals surface area (Å²) >= 11 is 0. The minimum Gasteiger partial charge on any atom is -0.342 e. The Kier molecular flexibility index (Phi) is 2.96. The van der Waals surface area contributed by atoms with Gasteiger partial charge in [0, 0.05) is 17.2 Å². The van der Waals surface area contributed by atoms with Crippen molar-refractivity contribution in [3.63, 3.8) is 0 Å². The zero-order valence-electron chi connectivity index (χ0n) is 14.2. The number of nitrogens with zero attached hydrogens (tertiary/aromatic N) is 2. The smallest absolute Gasteiger partial charge is 0.152 e. The molecule has 2 heterocycles. The van der Waals surface area contributed by atoms with E-state index in [0.29, 0.717) is 0 Å². The van der Waals surface area contributed by atoms with Gasteiger partial charge in [0.1, 0.15) is 5.60 Å². The number of para-hydroxylation sites is 1. The Hall–Kier alpha value is -1.79. The van der Waals surface area contributed by atoms with Gasteiger partial charge in [-0.15, -0.1) is 0 Å². The van der Waals surface area contributed by atoms with E-state index in [1.807, 2.05) is 0 Å². The van der Waals surface area contributed by atoms with E-state index >= 15 is 0 Å². The SMILES string of the molecule is CC1(C)c2ccccc2N2/C(=C\C#N)C3(CCCCC3)OC21C. The quantitative estimate of drug-likeness (QED) is 0.655. The minimum absolute atomic E-state index is 0.126. The van der Waals surface area contributed by atoms with Gasteiger partial charge >= 0.3 is 0 Å². The van der Waals surface area contributed by atoms with Crippen LogP contribution in [0.4, 0.5) is 5.69 Å². The topological polar surface area (TPSA) is 36.3 Å². The number of hydrogen-bond donors (Lipinski definition) is 0. The first kappa shape index (κ1) is 14.8. The molecule has 1 atom stereocenters. The molecule has 1 saturated heterocycles. The van der Waals surface area contributed by atoms with E-state index < -0.39 is 5.72 Å². The molecule has 0 radical (unpaired) electrons. The Morgan fingerprint density at radius 2 is 1.83 bits per heavy atom. The van der Waals surface area contributed by atoms with Crippen molar-refractivity contribution in [3.05, 3.63) is 41.6 Å². The first-order chi connectivity index (χ1) is 11.0. The average Bonchev–Trinajstić information content (AvgIpc) is 2.87. The van der Waals surface area contributed by atoms with Gasteiger partial charge in [-0.3, -0.25) is 0 Å². The summed E-state index contributed by atoms with van der Waals surface area (Å²) in [5.74, 6) is 0. The molecule has 3 nitrogen and oxygen atoms in total. The van der Waals surface area contributed by atoms with Crippen LogP contribution in [0.3, 0.4) is 0 Å². The van der Waals surface area contributed by atoms with Crippen LogP contribution in [0.1, 0.15) is 58.4 Å². The maximum atomic E-state index is 9.41. The Morgan fingerprint density at radius 1 is 1.13 bits per heavy atom. The number of ether oxygens (including phenoxy) is 1. The summed E-state index contributed by atoms with van der Waals surface area (Å²) in [7, 11) is 0. The summed E-state index contributed by atoms with van der Waals surface area (Å²) in [4.78, 5) is 2.32. The van der Waals surface area contributed by atoms with E-state index in [0.717, 1.165) is 18.5 Å². The van der Waals surface area contributed by atoms with Gasteiger partial charge < -0.3 is 9.64 Å². The van der Waals surface area contributed by atoms with Crippen LogP contribution in [0, 0.1) is 11.3 Å². The molecule has 2 aliphatic heterocycles. The van der Waals surface area contributed by atoms with Crippen LogP contribution in [0.5, 0.6) is 0 Å². The van der Waals surface area contributed by atoms with E-state index in [4.69, 9.17) is 4.74 Å². The van der Waals surface area contributed by atoms with E-state index in [1.165, 1.54) is 30.5 Å². The molecule has 1 unspecified atom stereocenters. The summed E-state index contributed by atoms with van der Waals surface area (Å²) < 4.78 is 6.87. The van der Waals surface area contributed by atoms with Crippen molar-refractivity contribution >= 4 is 5.69 Å². The molecule has 1 aromatic rings. The fourth-order valence-electron chi connectivity index (χ4n) is 4.86. The molecule has 23 heavy (non-hydrogen) atoms. The number of benzene rings is 1. The number of hydrogen-bond acceptors (Lipinski definition) is 3. The highest BCUT2D eigenvalue weighted by molar-refractivity contribution is 5.72. The van der Waals surface area contributed by atoms with Gasteiger partial charge in [0.2, 0.25) is 0 Å². The number of nitriles is 1. The Balaban J connectivity index is 1.95. The second-order valence-corrected chi connectivity index (χ2v) is 7.78. The second kappa shape index (κ2) is 4.61. The summed E-state index contributed by atoms with van der Waals surface area (Å²) in [5, 5.41) is 9.41. The van der Waals surface area contributed by atoms with E-state index in [2.05, 4.69) is 56.0 Å². The Labute approximate surface area is 138 Å². The number of rotatable bonds is 0. The summed E-state index contributed by atoms with van der Waals surface area (Å²) in [6, 6.07) is 10.8. The molecule has 1 saturated carbocycles. The summed E-state index contributed by atoms with van der Waals surface area (Å²) in [5.41, 5.74) is 2.73. The van der Waals surface area contributed by atoms with Crippen LogP contribution in [-0.2, 0) is 10.2 Å².